The Labute approximate surface area is 149 Å². The van der Waals surface area contributed by atoms with Crippen LogP contribution in [-0.2, 0) is 17.2 Å². The van der Waals surface area contributed by atoms with E-state index >= 15 is 0 Å². The molecule has 3 nitrogen and oxygen atoms in total. The van der Waals surface area contributed by atoms with Crippen LogP contribution >= 0.6 is 0 Å². The quantitative estimate of drug-likeness (QED) is 0.463. The second-order valence-electron chi connectivity index (χ2n) is 5.58. The van der Waals surface area contributed by atoms with Crippen LogP contribution in [0.4, 0.5) is 39.5 Å². The maximum atomic E-state index is 11.4. The predicted molar refractivity (Wildman–Crippen MR) is 69.1 cm³/mol. The zero-order valence-corrected chi connectivity index (χ0v) is 15.7. The van der Waals surface area contributed by atoms with Crippen LogP contribution in [0.2, 0.25) is 0 Å². The maximum absolute atomic E-state index is 11.4. The van der Waals surface area contributed by atoms with E-state index in [4.69, 9.17) is 10.2 Å². The number of halogens is 9. The Bertz CT molecular complexity index is 329. The van der Waals surface area contributed by atoms with Crippen LogP contribution in [0.3, 0.4) is 0 Å². The summed E-state index contributed by atoms with van der Waals surface area (Å²) in [6.45, 7) is 9.31. The molecule has 0 atom stereocenters. The first-order chi connectivity index (χ1) is 10.0. The molecule has 0 spiro atoms. The van der Waals surface area contributed by atoms with Crippen molar-refractivity contribution in [1.82, 2.24) is 0 Å². The molecule has 0 heterocycles. The fourth-order valence-electron chi connectivity index (χ4n) is 0.482. The van der Waals surface area contributed by atoms with E-state index < -0.39 is 29.7 Å². The molecular weight excluding hydrogens is 412 g/mol. The minimum absolute atomic E-state index is 0. The summed E-state index contributed by atoms with van der Waals surface area (Å²) in [4.78, 5) is 0. The van der Waals surface area contributed by atoms with Crippen LogP contribution in [0.15, 0.2) is 3.79 Å². The van der Waals surface area contributed by atoms with Gasteiger partial charge in [-0.3, -0.25) is 0 Å². The van der Waals surface area contributed by atoms with Gasteiger partial charge >= 0.3 is 65.0 Å². The summed E-state index contributed by atoms with van der Waals surface area (Å²) in [5.41, 5.74) is -7.19. The molecule has 0 aromatic heterocycles. The molecule has 0 saturated heterocycles. The van der Waals surface area contributed by atoms with Gasteiger partial charge in [0.05, 0.1) is 5.60 Å². The van der Waals surface area contributed by atoms with Gasteiger partial charge in [0.1, 0.15) is 0 Å². The van der Waals surface area contributed by atoms with Crippen LogP contribution in [0.1, 0.15) is 34.6 Å². The van der Waals surface area contributed by atoms with Crippen molar-refractivity contribution >= 4 is 0 Å². The number of hydrogen-bond donors (Lipinski definition) is 2. The first-order valence-corrected chi connectivity index (χ1v) is 6.64. The topological polar surface area (TPSA) is 52.8 Å². The second kappa shape index (κ2) is 10.7. The number of rotatable bonds is 1. The minimum atomic E-state index is -6.87. The summed E-state index contributed by atoms with van der Waals surface area (Å²) in [5.74, 6) is 0. The normalized spacial score (nSPS) is 13.0. The van der Waals surface area contributed by atoms with Crippen LogP contribution < -0.4 is 0 Å². The van der Waals surface area contributed by atoms with Gasteiger partial charge in [-0.1, -0.05) is 0 Å². The summed E-state index contributed by atoms with van der Waals surface area (Å²) >= 11 is 2.20. The molecule has 25 heavy (non-hydrogen) atoms. The third kappa shape index (κ3) is 13.5. The largest absolute Gasteiger partial charge is 0.435 e. The third-order valence-corrected chi connectivity index (χ3v) is 2.18. The molecule has 0 amide bonds. The third-order valence-electron chi connectivity index (χ3n) is 1.46. The molecule has 0 rings (SSSR count). The van der Waals surface area contributed by atoms with E-state index in [1.54, 1.807) is 20.8 Å². The molecular formula is C12H21F9NO2V-. The average molecular weight is 433 g/mol. The fraction of sp³-hybridized carbons (Fsp3) is 0.917. The van der Waals surface area contributed by atoms with Gasteiger partial charge in [-0.2, -0.15) is 39.5 Å². The fourth-order valence-corrected chi connectivity index (χ4v) is 0.482. The molecule has 13 heteroatoms. The molecule has 0 aliphatic carbocycles. The Morgan fingerprint density at radius 3 is 0.840 bits per heavy atom. The van der Waals surface area contributed by atoms with Gasteiger partial charge in [0.25, 0.3) is 0 Å². The number of hydrogen-bond acceptors (Lipinski definition) is 3. The molecule has 155 valence electrons. The van der Waals surface area contributed by atoms with Crippen LogP contribution in [-0.4, -0.2) is 46.0 Å². The number of alkyl halides is 9. The smallest absolute Gasteiger partial charge is 0.367 e. The van der Waals surface area contributed by atoms with Gasteiger partial charge in [0.2, 0.25) is 0 Å². The van der Waals surface area contributed by atoms with Crippen molar-refractivity contribution in [2.24, 2.45) is 3.79 Å². The molecule has 0 radical (unpaired) electrons. The van der Waals surface area contributed by atoms with Crippen LogP contribution in [0.25, 0.3) is 0 Å². The van der Waals surface area contributed by atoms with Crippen molar-refractivity contribution in [2.45, 2.75) is 70.4 Å². The summed E-state index contributed by atoms with van der Waals surface area (Å²) < 4.78 is 106. The van der Waals surface area contributed by atoms with Crippen molar-refractivity contribution < 1.29 is 67.0 Å². The Balaban J connectivity index is -0.000000166. The average Bonchev–Trinajstić information content (AvgIpc) is 2.21. The molecule has 0 unspecified atom stereocenters. The van der Waals surface area contributed by atoms with Crippen molar-refractivity contribution in [3.8, 4) is 0 Å². The molecule has 0 saturated carbocycles. The van der Waals surface area contributed by atoms with Gasteiger partial charge in [-0.05, 0) is 20.8 Å². The molecule has 0 aromatic rings. The standard InChI is InChI=1S/C4HF9O.C4H10O.C3H7N.CH3.V/c5-2(6,7)1(14,3(8,9)10)4(11,12)13;1-4(2,3)5;1-3(2)4;;/h14H;5H,1-3H3;3H,1-2H3;1H3;/q;;;-1;. The van der Waals surface area contributed by atoms with Gasteiger partial charge in [-0.15, -0.1) is 0 Å². The van der Waals surface area contributed by atoms with E-state index in [1.807, 2.05) is 13.8 Å². The van der Waals surface area contributed by atoms with E-state index in [2.05, 4.69) is 21.0 Å². The Hall–Kier alpha value is -0.326. The number of aliphatic hydroxyl groups is 2. The predicted octanol–water partition coefficient (Wildman–Crippen LogP) is 4.76. The Morgan fingerprint density at radius 2 is 0.840 bits per heavy atom. The molecule has 0 bridgehead atoms. The van der Waals surface area contributed by atoms with E-state index in [0.717, 1.165) is 0 Å². The molecule has 2 N–H and O–H groups in total. The summed E-state index contributed by atoms with van der Waals surface area (Å²) in [7, 11) is 0. The zero-order valence-electron chi connectivity index (χ0n) is 14.3. The van der Waals surface area contributed by atoms with Crippen molar-refractivity contribution in [3.63, 3.8) is 0 Å². The second-order valence-corrected chi connectivity index (χ2v) is 5.94. The first kappa shape index (κ1) is 32.4. The van der Waals surface area contributed by atoms with Crippen molar-refractivity contribution in [2.75, 3.05) is 0 Å². The van der Waals surface area contributed by atoms with Crippen LogP contribution in [0, 0.1) is 7.43 Å². The van der Waals surface area contributed by atoms with E-state index in [9.17, 15) is 39.5 Å². The van der Waals surface area contributed by atoms with Gasteiger partial charge in [0, 0.05) is 0 Å². The van der Waals surface area contributed by atoms with Gasteiger partial charge in [-0.25, -0.2) is 0 Å². The molecule has 0 aromatic carbocycles. The monoisotopic (exact) mass is 433 g/mol. The minimum Gasteiger partial charge on any atom is -0.367 e. The Kier molecular flexibility index (Phi) is 13.9. The van der Waals surface area contributed by atoms with Crippen molar-refractivity contribution in [3.05, 3.63) is 7.43 Å². The van der Waals surface area contributed by atoms with Gasteiger partial charge in [0.15, 0.2) is 0 Å². The van der Waals surface area contributed by atoms with E-state index in [0.29, 0.717) is 6.04 Å². The molecule has 0 aliphatic heterocycles. The summed E-state index contributed by atoms with van der Waals surface area (Å²) in [6, 6.07) is 0.481. The SMILES string of the molecule is CC(C)(C)O.CC(C)[N]=[V].OC(C(F)(F)F)(C(F)(F)F)C(F)(F)F.[CH3-]. The summed E-state index contributed by atoms with van der Waals surface area (Å²) in [6.07, 6.45) is -20.6. The van der Waals surface area contributed by atoms with Gasteiger partial charge < -0.3 is 17.6 Å². The maximum Gasteiger partial charge on any atom is 0.435 e. The number of nitrogens with zero attached hydrogens (tertiary/aromatic N) is 1. The van der Waals surface area contributed by atoms with E-state index in [-0.39, 0.29) is 7.43 Å². The van der Waals surface area contributed by atoms with Crippen molar-refractivity contribution in [1.29, 1.82) is 0 Å². The molecule has 0 fully saturated rings. The van der Waals surface area contributed by atoms with Crippen LogP contribution in [0.5, 0.6) is 0 Å². The zero-order chi connectivity index (χ0) is 20.8. The first-order valence-electron chi connectivity index (χ1n) is 6.01. The Morgan fingerprint density at radius 1 is 0.720 bits per heavy atom. The summed E-state index contributed by atoms with van der Waals surface area (Å²) in [5, 5.41) is 16.2. The molecule has 0 aliphatic rings. The van der Waals surface area contributed by atoms with E-state index in [1.165, 1.54) is 0 Å².